The molecule has 17 heavy (non-hydrogen) atoms. The third kappa shape index (κ3) is 3.14. The van der Waals surface area contributed by atoms with Gasteiger partial charge in [-0.1, -0.05) is 24.9 Å². The fourth-order valence-electron chi connectivity index (χ4n) is 2.66. The Hall–Kier alpha value is -0.730. The first-order chi connectivity index (χ1) is 8.20. The zero-order chi connectivity index (χ0) is 12.3. The van der Waals surface area contributed by atoms with E-state index in [2.05, 4.69) is 11.8 Å². The maximum Gasteiger partial charge on any atom is 0.0410 e. The van der Waals surface area contributed by atoms with E-state index in [1.165, 1.54) is 32.2 Å². The SMILES string of the molecule is CCC1CCCCN1Cc1cc(Cl)ccc1N. The average molecular weight is 253 g/mol. The van der Waals surface area contributed by atoms with Crippen molar-refractivity contribution in [1.82, 2.24) is 4.90 Å². The summed E-state index contributed by atoms with van der Waals surface area (Å²) < 4.78 is 0. The second-order valence-electron chi connectivity index (χ2n) is 4.87. The molecule has 0 spiro atoms. The van der Waals surface area contributed by atoms with Crippen LogP contribution in [0.4, 0.5) is 5.69 Å². The number of nitrogens with zero attached hydrogens (tertiary/aromatic N) is 1. The van der Waals surface area contributed by atoms with Gasteiger partial charge >= 0.3 is 0 Å². The van der Waals surface area contributed by atoms with E-state index < -0.39 is 0 Å². The predicted octanol–water partition coefficient (Wildman–Crippen LogP) is 3.69. The number of nitrogen functional groups attached to an aromatic ring is 1. The van der Waals surface area contributed by atoms with Gasteiger partial charge in [-0.15, -0.1) is 0 Å². The van der Waals surface area contributed by atoms with E-state index in [0.717, 1.165) is 22.8 Å². The molecule has 0 bridgehead atoms. The number of hydrogen-bond donors (Lipinski definition) is 1. The maximum atomic E-state index is 6.03. The molecule has 1 unspecified atom stereocenters. The summed E-state index contributed by atoms with van der Waals surface area (Å²) >= 11 is 6.03. The highest BCUT2D eigenvalue weighted by atomic mass is 35.5. The van der Waals surface area contributed by atoms with E-state index in [9.17, 15) is 0 Å². The van der Waals surface area contributed by atoms with Crippen molar-refractivity contribution in [3.8, 4) is 0 Å². The van der Waals surface area contributed by atoms with Crippen molar-refractivity contribution >= 4 is 17.3 Å². The van der Waals surface area contributed by atoms with Gasteiger partial charge in [0.25, 0.3) is 0 Å². The normalized spacial score (nSPS) is 21.6. The molecule has 1 aromatic carbocycles. The van der Waals surface area contributed by atoms with Gasteiger partial charge in [0.2, 0.25) is 0 Å². The molecule has 94 valence electrons. The number of benzene rings is 1. The molecule has 1 aliphatic rings. The van der Waals surface area contributed by atoms with Gasteiger partial charge in [-0.25, -0.2) is 0 Å². The van der Waals surface area contributed by atoms with Crippen LogP contribution in [0.3, 0.4) is 0 Å². The number of halogens is 1. The van der Waals surface area contributed by atoms with Crippen LogP contribution in [-0.2, 0) is 6.54 Å². The summed E-state index contributed by atoms with van der Waals surface area (Å²) in [7, 11) is 0. The third-order valence-electron chi connectivity index (χ3n) is 3.70. The van der Waals surface area contributed by atoms with Gasteiger partial charge in [0.15, 0.2) is 0 Å². The number of likely N-dealkylation sites (tertiary alicyclic amines) is 1. The number of nitrogens with two attached hydrogens (primary N) is 1. The molecule has 2 nitrogen and oxygen atoms in total. The molecule has 0 aliphatic carbocycles. The van der Waals surface area contributed by atoms with Gasteiger partial charge in [-0.05, 0) is 49.6 Å². The first-order valence-corrected chi connectivity index (χ1v) is 6.86. The molecule has 2 N–H and O–H groups in total. The van der Waals surface area contributed by atoms with Gasteiger partial charge in [0.1, 0.15) is 0 Å². The van der Waals surface area contributed by atoms with Gasteiger partial charge in [-0.2, -0.15) is 0 Å². The van der Waals surface area contributed by atoms with Crippen molar-refractivity contribution in [3.05, 3.63) is 28.8 Å². The zero-order valence-electron chi connectivity index (χ0n) is 10.5. The van der Waals surface area contributed by atoms with E-state index in [1.54, 1.807) is 0 Å². The molecule has 1 heterocycles. The van der Waals surface area contributed by atoms with Gasteiger partial charge in [-0.3, -0.25) is 4.90 Å². The van der Waals surface area contributed by atoms with E-state index in [4.69, 9.17) is 17.3 Å². The summed E-state index contributed by atoms with van der Waals surface area (Å²) in [6, 6.07) is 6.47. The van der Waals surface area contributed by atoms with Gasteiger partial charge < -0.3 is 5.73 Å². The fourth-order valence-corrected chi connectivity index (χ4v) is 2.86. The first-order valence-electron chi connectivity index (χ1n) is 6.48. The van der Waals surface area contributed by atoms with Crippen molar-refractivity contribution in [3.63, 3.8) is 0 Å². The van der Waals surface area contributed by atoms with Crippen LogP contribution in [0.5, 0.6) is 0 Å². The second kappa shape index (κ2) is 5.74. The molecule has 1 atom stereocenters. The molecule has 1 aromatic rings. The smallest absolute Gasteiger partial charge is 0.0410 e. The predicted molar refractivity (Wildman–Crippen MR) is 74.2 cm³/mol. The van der Waals surface area contributed by atoms with Crippen LogP contribution in [0, 0.1) is 0 Å². The quantitative estimate of drug-likeness (QED) is 0.832. The maximum absolute atomic E-state index is 6.03. The highest BCUT2D eigenvalue weighted by Crippen LogP contribution is 2.25. The minimum Gasteiger partial charge on any atom is -0.398 e. The number of rotatable bonds is 3. The van der Waals surface area contributed by atoms with Crippen molar-refractivity contribution in [2.24, 2.45) is 0 Å². The lowest BCUT2D eigenvalue weighted by molar-refractivity contribution is 0.136. The fraction of sp³-hybridized carbons (Fsp3) is 0.571. The van der Waals surface area contributed by atoms with Crippen molar-refractivity contribution in [2.45, 2.75) is 45.2 Å². The Balaban J connectivity index is 2.10. The summed E-state index contributed by atoms with van der Waals surface area (Å²) in [4.78, 5) is 2.55. The van der Waals surface area contributed by atoms with Gasteiger partial charge in [0, 0.05) is 23.3 Å². The topological polar surface area (TPSA) is 29.3 Å². The number of hydrogen-bond acceptors (Lipinski definition) is 2. The minimum atomic E-state index is 0.710. The van der Waals surface area contributed by atoms with Gasteiger partial charge in [0.05, 0.1) is 0 Å². The summed E-state index contributed by atoms with van der Waals surface area (Å²) in [5, 5.41) is 0.777. The Kier molecular flexibility index (Phi) is 4.30. The van der Waals surface area contributed by atoms with Crippen LogP contribution in [0.15, 0.2) is 18.2 Å². The standard InChI is InChI=1S/C14H21ClN2/c1-2-13-5-3-4-8-17(13)10-11-9-12(15)6-7-14(11)16/h6-7,9,13H,2-5,8,10,16H2,1H3. The van der Waals surface area contributed by atoms with E-state index in [0.29, 0.717) is 6.04 Å². The van der Waals surface area contributed by atoms with Crippen molar-refractivity contribution < 1.29 is 0 Å². The Bertz CT molecular complexity index is 378. The third-order valence-corrected chi connectivity index (χ3v) is 3.93. The first kappa shape index (κ1) is 12.7. The Labute approximate surface area is 109 Å². The second-order valence-corrected chi connectivity index (χ2v) is 5.31. The average Bonchev–Trinajstić information content (AvgIpc) is 2.34. The highest BCUT2D eigenvalue weighted by molar-refractivity contribution is 6.30. The van der Waals surface area contributed by atoms with Crippen LogP contribution < -0.4 is 5.73 Å². The molecule has 1 fully saturated rings. The molecule has 1 saturated heterocycles. The van der Waals surface area contributed by atoms with Crippen LogP contribution in [0.25, 0.3) is 0 Å². The molecular formula is C14H21ClN2. The molecule has 0 amide bonds. The van der Waals surface area contributed by atoms with E-state index in [1.807, 2.05) is 18.2 Å². The zero-order valence-corrected chi connectivity index (χ0v) is 11.2. The summed E-state index contributed by atoms with van der Waals surface area (Å²) in [5.41, 5.74) is 8.03. The largest absolute Gasteiger partial charge is 0.398 e. The van der Waals surface area contributed by atoms with Crippen molar-refractivity contribution in [2.75, 3.05) is 12.3 Å². The molecule has 0 radical (unpaired) electrons. The molecule has 3 heteroatoms. The molecule has 1 aliphatic heterocycles. The summed E-state index contributed by atoms with van der Waals surface area (Å²) in [6.07, 6.45) is 5.20. The summed E-state index contributed by atoms with van der Waals surface area (Å²) in [6.45, 7) is 4.39. The highest BCUT2D eigenvalue weighted by Gasteiger charge is 2.21. The lowest BCUT2D eigenvalue weighted by Crippen LogP contribution is -2.38. The Morgan fingerprint density at radius 2 is 2.24 bits per heavy atom. The summed E-state index contributed by atoms with van der Waals surface area (Å²) in [5.74, 6) is 0. The minimum absolute atomic E-state index is 0.710. The van der Waals surface area contributed by atoms with E-state index >= 15 is 0 Å². The molecular weight excluding hydrogens is 232 g/mol. The molecule has 2 rings (SSSR count). The van der Waals surface area contributed by atoms with Crippen LogP contribution in [0.2, 0.25) is 5.02 Å². The molecule has 0 saturated carbocycles. The monoisotopic (exact) mass is 252 g/mol. The molecule has 0 aromatic heterocycles. The lowest BCUT2D eigenvalue weighted by Gasteiger charge is -2.35. The number of anilines is 1. The van der Waals surface area contributed by atoms with Crippen molar-refractivity contribution in [1.29, 1.82) is 0 Å². The van der Waals surface area contributed by atoms with E-state index in [-0.39, 0.29) is 0 Å². The Morgan fingerprint density at radius 1 is 1.41 bits per heavy atom. The number of piperidine rings is 1. The Morgan fingerprint density at radius 3 is 3.00 bits per heavy atom. The van der Waals surface area contributed by atoms with Crippen LogP contribution in [-0.4, -0.2) is 17.5 Å². The lowest BCUT2D eigenvalue weighted by atomic mass is 9.99. The van der Waals surface area contributed by atoms with Crippen LogP contribution >= 0.6 is 11.6 Å². The van der Waals surface area contributed by atoms with Crippen LogP contribution in [0.1, 0.15) is 38.2 Å².